The lowest BCUT2D eigenvalue weighted by atomic mass is 10.2. The van der Waals surface area contributed by atoms with Gasteiger partial charge in [0.2, 0.25) is 5.88 Å². The predicted octanol–water partition coefficient (Wildman–Crippen LogP) is 4.99. The van der Waals surface area contributed by atoms with Gasteiger partial charge in [0, 0.05) is 17.4 Å². The van der Waals surface area contributed by atoms with Crippen molar-refractivity contribution in [1.29, 1.82) is 0 Å². The van der Waals surface area contributed by atoms with E-state index >= 15 is 0 Å². The summed E-state index contributed by atoms with van der Waals surface area (Å²) in [5.41, 5.74) is 3.70. The fourth-order valence-electron chi connectivity index (χ4n) is 2.80. The number of benzene rings is 1. The predicted molar refractivity (Wildman–Crippen MR) is 114 cm³/mol. The Labute approximate surface area is 181 Å². The third-order valence-electron chi connectivity index (χ3n) is 4.63. The van der Waals surface area contributed by atoms with Crippen LogP contribution in [0.15, 0.2) is 57.9 Å². The topological polar surface area (TPSA) is 95.1 Å². The van der Waals surface area contributed by atoms with Crippen LogP contribution in [-0.4, -0.2) is 25.7 Å². The molecule has 9 heteroatoms. The van der Waals surface area contributed by atoms with Crippen LogP contribution in [0.25, 0.3) is 5.82 Å². The van der Waals surface area contributed by atoms with Crippen molar-refractivity contribution in [2.45, 2.75) is 20.8 Å². The summed E-state index contributed by atoms with van der Waals surface area (Å²) in [5.74, 6) is 1.47. The van der Waals surface area contributed by atoms with Crippen LogP contribution in [0.1, 0.15) is 27.5 Å². The SMILES string of the molecule is Cc1nn(-c2cc(Oc3ccc(NC(=O)c4ccc(Br)o4)cc3)ncn2)c(C)c1C. The van der Waals surface area contributed by atoms with Crippen molar-refractivity contribution in [3.63, 3.8) is 0 Å². The molecule has 1 N–H and O–H groups in total. The maximum atomic E-state index is 12.1. The van der Waals surface area contributed by atoms with Crippen LogP contribution >= 0.6 is 15.9 Å². The van der Waals surface area contributed by atoms with E-state index in [0.29, 0.717) is 27.8 Å². The number of aromatic nitrogens is 4. The molecule has 3 aromatic heterocycles. The summed E-state index contributed by atoms with van der Waals surface area (Å²) < 4.78 is 13.3. The average Bonchev–Trinajstić information content (AvgIpc) is 3.28. The third-order valence-corrected chi connectivity index (χ3v) is 5.06. The standard InChI is InChI=1S/C21H18BrN5O3/c1-12-13(2)26-27(14(12)3)19-10-20(24-11-23-19)29-16-6-4-15(5-7-16)25-21(28)17-8-9-18(22)30-17/h4-11H,1-3H3,(H,25,28). The zero-order chi connectivity index (χ0) is 21.3. The van der Waals surface area contributed by atoms with E-state index in [2.05, 4.69) is 36.3 Å². The van der Waals surface area contributed by atoms with Gasteiger partial charge in [-0.3, -0.25) is 4.79 Å². The Balaban J connectivity index is 1.47. The number of nitrogens with one attached hydrogen (secondary N) is 1. The Bertz CT molecular complexity index is 1210. The number of halogens is 1. The third kappa shape index (κ3) is 4.11. The molecule has 152 valence electrons. The molecule has 0 unspecified atom stereocenters. The van der Waals surface area contributed by atoms with E-state index in [1.54, 1.807) is 47.1 Å². The minimum absolute atomic E-state index is 0.218. The summed E-state index contributed by atoms with van der Waals surface area (Å²) in [5, 5.41) is 7.27. The quantitative estimate of drug-likeness (QED) is 0.444. The number of carbonyl (C=O) groups excluding carboxylic acids is 1. The molecule has 1 amide bonds. The zero-order valence-corrected chi connectivity index (χ0v) is 18.1. The molecule has 0 saturated heterocycles. The van der Waals surface area contributed by atoms with E-state index < -0.39 is 0 Å². The molecule has 1 aromatic carbocycles. The number of rotatable bonds is 5. The lowest BCUT2D eigenvalue weighted by molar-refractivity contribution is 0.0995. The number of nitrogens with zero attached hydrogens (tertiary/aromatic N) is 4. The lowest BCUT2D eigenvalue weighted by Gasteiger charge is -2.08. The summed E-state index contributed by atoms with van der Waals surface area (Å²) in [6, 6.07) is 11.9. The van der Waals surface area contributed by atoms with Crippen molar-refractivity contribution >= 4 is 27.5 Å². The van der Waals surface area contributed by atoms with Gasteiger partial charge in [0.05, 0.1) is 5.69 Å². The van der Waals surface area contributed by atoms with E-state index in [4.69, 9.17) is 9.15 Å². The van der Waals surface area contributed by atoms with Crippen molar-refractivity contribution < 1.29 is 13.9 Å². The molecule has 8 nitrogen and oxygen atoms in total. The number of furan rings is 1. The molecular weight excluding hydrogens is 450 g/mol. The second-order valence-electron chi connectivity index (χ2n) is 6.61. The van der Waals surface area contributed by atoms with Crippen molar-refractivity contribution in [3.05, 3.63) is 76.2 Å². The molecule has 3 heterocycles. The largest absolute Gasteiger partial charge is 0.444 e. The molecule has 0 bridgehead atoms. The number of aryl methyl sites for hydroxylation is 1. The first-order chi connectivity index (χ1) is 14.4. The maximum absolute atomic E-state index is 12.1. The fraction of sp³-hybridized carbons (Fsp3) is 0.143. The van der Waals surface area contributed by atoms with Gasteiger partial charge < -0.3 is 14.5 Å². The smallest absolute Gasteiger partial charge is 0.291 e. The highest BCUT2D eigenvalue weighted by molar-refractivity contribution is 9.10. The van der Waals surface area contributed by atoms with Gasteiger partial charge in [0.15, 0.2) is 16.2 Å². The molecule has 0 fully saturated rings. The Morgan fingerprint density at radius 2 is 1.87 bits per heavy atom. The van der Waals surface area contributed by atoms with E-state index in [-0.39, 0.29) is 11.7 Å². The number of hydrogen-bond acceptors (Lipinski definition) is 6. The van der Waals surface area contributed by atoms with Crippen LogP contribution in [-0.2, 0) is 0 Å². The fourth-order valence-corrected chi connectivity index (χ4v) is 3.11. The Morgan fingerprint density at radius 1 is 1.10 bits per heavy atom. The van der Waals surface area contributed by atoms with Gasteiger partial charge in [-0.1, -0.05) is 0 Å². The second kappa shape index (κ2) is 8.11. The van der Waals surface area contributed by atoms with Crippen LogP contribution in [0.5, 0.6) is 11.6 Å². The Morgan fingerprint density at radius 3 is 2.50 bits per heavy atom. The lowest BCUT2D eigenvalue weighted by Crippen LogP contribution is -2.10. The molecule has 0 atom stereocenters. The van der Waals surface area contributed by atoms with E-state index in [1.807, 2.05) is 20.8 Å². The summed E-state index contributed by atoms with van der Waals surface area (Å²) in [7, 11) is 0. The molecule has 0 aliphatic carbocycles. The Kier molecular flexibility index (Phi) is 5.37. The first-order valence-corrected chi connectivity index (χ1v) is 9.90. The van der Waals surface area contributed by atoms with Crippen LogP contribution in [0.3, 0.4) is 0 Å². The maximum Gasteiger partial charge on any atom is 0.291 e. The van der Waals surface area contributed by atoms with E-state index in [0.717, 1.165) is 17.0 Å². The summed E-state index contributed by atoms with van der Waals surface area (Å²) in [4.78, 5) is 20.6. The van der Waals surface area contributed by atoms with Gasteiger partial charge >= 0.3 is 0 Å². The molecule has 0 aliphatic rings. The molecule has 30 heavy (non-hydrogen) atoms. The van der Waals surface area contributed by atoms with Gasteiger partial charge in [-0.15, -0.1) is 0 Å². The van der Waals surface area contributed by atoms with Crippen molar-refractivity contribution in [1.82, 2.24) is 19.7 Å². The van der Waals surface area contributed by atoms with E-state index in [9.17, 15) is 4.79 Å². The van der Waals surface area contributed by atoms with Gasteiger partial charge in [0.1, 0.15) is 12.1 Å². The van der Waals surface area contributed by atoms with Gasteiger partial charge in [-0.05, 0) is 78.7 Å². The zero-order valence-electron chi connectivity index (χ0n) is 16.5. The van der Waals surface area contributed by atoms with Crippen molar-refractivity contribution in [3.8, 4) is 17.4 Å². The summed E-state index contributed by atoms with van der Waals surface area (Å²) >= 11 is 3.18. The number of amides is 1. The van der Waals surface area contributed by atoms with Crippen LogP contribution in [0.4, 0.5) is 5.69 Å². The van der Waals surface area contributed by atoms with E-state index in [1.165, 1.54) is 6.33 Å². The highest BCUT2D eigenvalue weighted by Gasteiger charge is 2.12. The molecule has 0 aliphatic heterocycles. The first kappa shape index (κ1) is 19.8. The van der Waals surface area contributed by atoms with Gasteiger partial charge in [-0.25, -0.2) is 14.6 Å². The highest BCUT2D eigenvalue weighted by atomic mass is 79.9. The first-order valence-electron chi connectivity index (χ1n) is 9.10. The number of carbonyl (C=O) groups is 1. The minimum Gasteiger partial charge on any atom is -0.444 e. The normalized spacial score (nSPS) is 10.8. The van der Waals surface area contributed by atoms with Gasteiger partial charge in [-0.2, -0.15) is 5.10 Å². The molecule has 4 aromatic rings. The Hall–Kier alpha value is -3.46. The molecule has 0 spiro atoms. The number of anilines is 1. The summed E-state index contributed by atoms with van der Waals surface area (Å²) in [6.07, 6.45) is 1.44. The minimum atomic E-state index is -0.338. The molecule has 0 radical (unpaired) electrons. The molecule has 0 saturated carbocycles. The number of ether oxygens (including phenoxy) is 1. The monoisotopic (exact) mass is 467 g/mol. The highest BCUT2D eigenvalue weighted by Crippen LogP contribution is 2.24. The second-order valence-corrected chi connectivity index (χ2v) is 7.39. The van der Waals surface area contributed by atoms with Crippen molar-refractivity contribution in [2.24, 2.45) is 0 Å². The van der Waals surface area contributed by atoms with Crippen LogP contribution in [0, 0.1) is 20.8 Å². The van der Waals surface area contributed by atoms with Gasteiger partial charge in [0.25, 0.3) is 5.91 Å². The van der Waals surface area contributed by atoms with Crippen molar-refractivity contribution in [2.75, 3.05) is 5.32 Å². The van der Waals surface area contributed by atoms with Crippen LogP contribution < -0.4 is 10.1 Å². The molecule has 4 rings (SSSR count). The average molecular weight is 468 g/mol. The van der Waals surface area contributed by atoms with Crippen LogP contribution in [0.2, 0.25) is 0 Å². The summed E-state index contributed by atoms with van der Waals surface area (Å²) in [6.45, 7) is 5.98. The molecular formula is C21H18BrN5O3. The number of hydrogen-bond donors (Lipinski definition) is 1.